The predicted octanol–water partition coefficient (Wildman–Crippen LogP) is 3.61. The second-order valence-electron chi connectivity index (χ2n) is 4.35. The summed E-state index contributed by atoms with van der Waals surface area (Å²) < 4.78 is 0.963. The number of hydrogen-bond donors (Lipinski definition) is 1. The van der Waals surface area contributed by atoms with Crippen LogP contribution in [0, 0.1) is 0 Å². The Hall–Kier alpha value is -0.250. The molecule has 0 saturated carbocycles. The summed E-state index contributed by atoms with van der Waals surface area (Å²) in [4.78, 5) is 2.36. The highest BCUT2D eigenvalue weighted by atomic mass is 79.9. The number of anilines is 1. The number of rotatable bonds is 2. The summed E-state index contributed by atoms with van der Waals surface area (Å²) in [7, 11) is 2.17. The van der Waals surface area contributed by atoms with Gasteiger partial charge in [-0.1, -0.05) is 17.7 Å². The van der Waals surface area contributed by atoms with E-state index >= 15 is 0 Å². The van der Waals surface area contributed by atoms with Crippen molar-refractivity contribution in [3.05, 3.63) is 27.7 Å². The van der Waals surface area contributed by atoms with Crippen molar-refractivity contribution in [2.45, 2.75) is 18.9 Å². The first-order chi connectivity index (χ1) is 7.66. The zero-order valence-corrected chi connectivity index (χ0v) is 11.7. The summed E-state index contributed by atoms with van der Waals surface area (Å²) >= 11 is 9.58. The van der Waals surface area contributed by atoms with Gasteiger partial charge in [0.2, 0.25) is 0 Å². The van der Waals surface area contributed by atoms with Crippen molar-refractivity contribution < 1.29 is 0 Å². The van der Waals surface area contributed by atoms with E-state index in [1.165, 1.54) is 19.4 Å². The van der Waals surface area contributed by atoms with E-state index < -0.39 is 0 Å². The van der Waals surface area contributed by atoms with E-state index in [9.17, 15) is 0 Å². The number of likely N-dealkylation sites (N-methyl/N-ethyl adjacent to an activating group) is 1. The van der Waals surface area contributed by atoms with E-state index in [0.29, 0.717) is 6.04 Å². The van der Waals surface area contributed by atoms with Gasteiger partial charge in [0.05, 0.1) is 15.2 Å². The Bertz CT molecular complexity index is 370. The molecule has 0 spiro atoms. The number of nitrogens with zero attached hydrogens (tertiary/aromatic N) is 1. The molecule has 16 heavy (non-hydrogen) atoms. The van der Waals surface area contributed by atoms with Gasteiger partial charge in [0.25, 0.3) is 0 Å². The molecule has 88 valence electrons. The normalized spacial score (nSPS) is 22.1. The lowest BCUT2D eigenvalue weighted by Crippen LogP contribution is -2.39. The Labute approximate surface area is 110 Å². The standard InChI is InChI=1S/C12H16BrClN2/c1-16-7-3-4-9(8-16)15-11-6-2-5-10(14)12(11)13/h2,5-6,9,15H,3-4,7-8H2,1H3. The lowest BCUT2D eigenvalue weighted by atomic mass is 10.1. The quantitative estimate of drug-likeness (QED) is 0.898. The van der Waals surface area contributed by atoms with Crippen molar-refractivity contribution in [1.29, 1.82) is 0 Å². The minimum absolute atomic E-state index is 0.522. The highest BCUT2D eigenvalue weighted by molar-refractivity contribution is 9.10. The van der Waals surface area contributed by atoms with Crippen LogP contribution in [-0.2, 0) is 0 Å². The Morgan fingerprint density at radius 2 is 2.31 bits per heavy atom. The van der Waals surface area contributed by atoms with Crippen molar-refractivity contribution in [3.8, 4) is 0 Å². The van der Waals surface area contributed by atoms with Crippen LogP contribution in [0.4, 0.5) is 5.69 Å². The van der Waals surface area contributed by atoms with E-state index in [1.54, 1.807) is 0 Å². The van der Waals surface area contributed by atoms with Gasteiger partial charge in [0, 0.05) is 12.6 Å². The molecular weight excluding hydrogens is 288 g/mol. The SMILES string of the molecule is CN1CCCC(Nc2cccc(Cl)c2Br)C1. The summed E-state index contributed by atoms with van der Waals surface area (Å²) in [6, 6.07) is 6.45. The molecule has 1 atom stereocenters. The van der Waals surface area contributed by atoms with Crippen LogP contribution >= 0.6 is 27.5 Å². The predicted molar refractivity (Wildman–Crippen MR) is 73.3 cm³/mol. The molecule has 2 rings (SSSR count). The molecule has 0 radical (unpaired) electrons. The third-order valence-electron chi connectivity index (χ3n) is 2.94. The third-order valence-corrected chi connectivity index (χ3v) is 4.33. The van der Waals surface area contributed by atoms with Gasteiger partial charge in [-0.3, -0.25) is 0 Å². The fraction of sp³-hybridized carbons (Fsp3) is 0.500. The minimum Gasteiger partial charge on any atom is -0.380 e. The van der Waals surface area contributed by atoms with Crippen LogP contribution in [0.25, 0.3) is 0 Å². The number of benzene rings is 1. The van der Waals surface area contributed by atoms with Crippen molar-refractivity contribution in [3.63, 3.8) is 0 Å². The lowest BCUT2D eigenvalue weighted by Gasteiger charge is -2.31. The third kappa shape index (κ3) is 2.90. The fourth-order valence-corrected chi connectivity index (χ4v) is 2.67. The smallest absolute Gasteiger partial charge is 0.0593 e. The van der Waals surface area contributed by atoms with Crippen molar-refractivity contribution in [2.75, 3.05) is 25.5 Å². The molecule has 1 unspecified atom stereocenters. The van der Waals surface area contributed by atoms with Gasteiger partial charge in [-0.15, -0.1) is 0 Å². The molecule has 0 aromatic heterocycles. The number of nitrogens with one attached hydrogen (secondary N) is 1. The lowest BCUT2D eigenvalue weighted by molar-refractivity contribution is 0.261. The zero-order valence-electron chi connectivity index (χ0n) is 9.34. The molecule has 4 heteroatoms. The first-order valence-electron chi connectivity index (χ1n) is 5.56. The van der Waals surface area contributed by atoms with Gasteiger partial charge in [-0.2, -0.15) is 0 Å². The molecular formula is C12H16BrClN2. The number of hydrogen-bond acceptors (Lipinski definition) is 2. The fourth-order valence-electron chi connectivity index (χ4n) is 2.12. The number of piperidine rings is 1. The Morgan fingerprint density at radius 1 is 1.50 bits per heavy atom. The maximum atomic E-state index is 6.06. The topological polar surface area (TPSA) is 15.3 Å². The number of likely N-dealkylation sites (tertiary alicyclic amines) is 1. The molecule has 0 bridgehead atoms. The van der Waals surface area contributed by atoms with E-state index in [2.05, 4.69) is 39.3 Å². The van der Waals surface area contributed by atoms with Gasteiger partial charge in [-0.25, -0.2) is 0 Å². The van der Waals surface area contributed by atoms with Crippen molar-refractivity contribution in [1.82, 2.24) is 4.90 Å². The monoisotopic (exact) mass is 302 g/mol. The second kappa shape index (κ2) is 5.39. The first kappa shape index (κ1) is 12.2. The molecule has 1 aliphatic heterocycles. The van der Waals surface area contributed by atoms with Gasteiger partial charge in [0.1, 0.15) is 0 Å². The largest absolute Gasteiger partial charge is 0.380 e. The molecule has 1 aromatic rings. The van der Waals surface area contributed by atoms with Crippen LogP contribution in [0.3, 0.4) is 0 Å². The first-order valence-corrected chi connectivity index (χ1v) is 6.73. The highest BCUT2D eigenvalue weighted by Gasteiger charge is 2.17. The number of halogens is 2. The second-order valence-corrected chi connectivity index (χ2v) is 5.55. The van der Waals surface area contributed by atoms with Crippen LogP contribution in [0.15, 0.2) is 22.7 Å². The van der Waals surface area contributed by atoms with Crippen molar-refractivity contribution >= 4 is 33.2 Å². The van der Waals surface area contributed by atoms with E-state index in [-0.39, 0.29) is 0 Å². The molecule has 1 aliphatic rings. The maximum Gasteiger partial charge on any atom is 0.0593 e. The Balaban J connectivity index is 2.05. The summed E-state index contributed by atoms with van der Waals surface area (Å²) in [5.41, 5.74) is 1.09. The molecule has 1 heterocycles. The van der Waals surface area contributed by atoms with Crippen LogP contribution < -0.4 is 5.32 Å². The van der Waals surface area contributed by atoms with Gasteiger partial charge in [-0.05, 0) is 54.5 Å². The molecule has 2 nitrogen and oxygen atoms in total. The molecule has 1 aromatic carbocycles. The average Bonchev–Trinajstić information content (AvgIpc) is 2.25. The summed E-state index contributed by atoms with van der Waals surface area (Å²) in [5.74, 6) is 0. The Morgan fingerprint density at radius 3 is 3.06 bits per heavy atom. The van der Waals surface area contributed by atoms with Crippen LogP contribution in [-0.4, -0.2) is 31.1 Å². The molecule has 0 amide bonds. The molecule has 1 fully saturated rings. The zero-order chi connectivity index (χ0) is 11.5. The highest BCUT2D eigenvalue weighted by Crippen LogP contribution is 2.31. The molecule has 1 saturated heterocycles. The summed E-state index contributed by atoms with van der Waals surface area (Å²) in [5, 5.41) is 4.31. The molecule has 0 aliphatic carbocycles. The average molecular weight is 304 g/mol. The maximum absolute atomic E-state index is 6.06. The van der Waals surface area contributed by atoms with Crippen LogP contribution in [0.2, 0.25) is 5.02 Å². The van der Waals surface area contributed by atoms with Crippen LogP contribution in [0.1, 0.15) is 12.8 Å². The van der Waals surface area contributed by atoms with E-state index in [1.807, 2.05) is 12.1 Å². The van der Waals surface area contributed by atoms with E-state index in [0.717, 1.165) is 21.7 Å². The summed E-state index contributed by atoms with van der Waals surface area (Å²) in [6.07, 6.45) is 2.48. The van der Waals surface area contributed by atoms with E-state index in [4.69, 9.17) is 11.6 Å². The van der Waals surface area contributed by atoms with Crippen LogP contribution in [0.5, 0.6) is 0 Å². The molecule has 1 N–H and O–H groups in total. The minimum atomic E-state index is 0.522. The van der Waals surface area contributed by atoms with Gasteiger partial charge >= 0.3 is 0 Å². The summed E-state index contributed by atoms with van der Waals surface area (Å²) in [6.45, 7) is 2.30. The van der Waals surface area contributed by atoms with Gasteiger partial charge in [0.15, 0.2) is 0 Å². The van der Waals surface area contributed by atoms with Crippen molar-refractivity contribution in [2.24, 2.45) is 0 Å². The Kier molecular flexibility index (Phi) is 4.11. The van der Waals surface area contributed by atoms with Gasteiger partial charge < -0.3 is 10.2 Å².